The van der Waals surface area contributed by atoms with Crippen molar-refractivity contribution < 1.29 is 14.7 Å². The summed E-state index contributed by atoms with van der Waals surface area (Å²) < 4.78 is 0. The number of hydrogen-bond acceptors (Lipinski definition) is 3. The molecule has 1 heterocycles. The van der Waals surface area contributed by atoms with E-state index in [2.05, 4.69) is 0 Å². The van der Waals surface area contributed by atoms with Gasteiger partial charge in [0.05, 0.1) is 5.92 Å². The highest BCUT2D eigenvalue weighted by Gasteiger charge is 2.24. The van der Waals surface area contributed by atoms with Gasteiger partial charge < -0.3 is 10.0 Å². The standard InChI is InChI=1S/C13H19NO3S/c1-9(2)7-14(8-12(15)16)13(17)10(3)11-5-4-6-18-11/h4-6,9-10H,7-8H2,1-3H3,(H,15,16). The van der Waals surface area contributed by atoms with E-state index in [1.165, 1.54) is 16.2 Å². The summed E-state index contributed by atoms with van der Waals surface area (Å²) in [6.45, 7) is 6.01. The summed E-state index contributed by atoms with van der Waals surface area (Å²) in [4.78, 5) is 25.5. The molecule has 1 amide bonds. The molecule has 0 aliphatic heterocycles. The van der Waals surface area contributed by atoms with Gasteiger partial charge in [-0.2, -0.15) is 0 Å². The molecule has 1 aromatic heterocycles. The normalized spacial score (nSPS) is 12.4. The monoisotopic (exact) mass is 269 g/mol. The first-order chi connectivity index (χ1) is 8.41. The van der Waals surface area contributed by atoms with E-state index in [0.717, 1.165) is 4.88 Å². The van der Waals surface area contributed by atoms with Crippen LogP contribution in [-0.2, 0) is 9.59 Å². The van der Waals surface area contributed by atoms with E-state index < -0.39 is 5.97 Å². The third kappa shape index (κ3) is 4.14. The highest BCUT2D eigenvalue weighted by Crippen LogP contribution is 2.23. The molecule has 0 fully saturated rings. The van der Waals surface area contributed by atoms with Crippen LogP contribution in [0.25, 0.3) is 0 Å². The van der Waals surface area contributed by atoms with Crippen molar-refractivity contribution in [3.8, 4) is 0 Å². The first-order valence-electron chi connectivity index (χ1n) is 5.95. The third-order valence-corrected chi connectivity index (χ3v) is 3.62. The van der Waals surface area contributed by atoms with Crippen molar-refractivity contribution in [1.82, 2.24) is 4.90 Å². The predicted molar refractivity (Wildman–Crippen MR) is 71.8 cm³/mol. The second-order valence-electron chi connectivity index (χ2n) is 4.74. The zero-order valence-corrected chi connectivity index (χ0v) is 11.7. The van der Waals surface area contributed by atoms with E-state index in [1.807, 2.05) is 38.3 Å². The largest absolute Gasteiger partial charge is 0.480 e. The number of carbonyl (C=O) groups is 2. The lowest BCUT2D eigenvalue weighted by molar-refractivity contribution is -0.145. The minimum atomic E-state index is -0.970. The van der Waals surface area contributed by atoms with E-state index >= 15 is 0 Å². The molecule has 0 spiro atoms. The lowest BCUT2D eigenvalue weighted by Gasteiger charge is -2.25. The van der Waals surface area contributed by atoms with Gasteiger partial charge in [0.15, 0.2) is 0 Å². The second kappa shape index (κ2) is 6.54. The number of carbonyl (C=O) groups excluding carboxylic acids is 1. The summed E-state index contributed by atoms with van der Waals surface area (Å²) in [5.41, 5.74) is 0. The van der Waals surface area contributed by atoms with E-state index in [9.17, 15) is 9.59 Å². The fourth-order valence-electron chi connectivity index (χ4n) is 1.77. The molecule has 1 aromatic rings. The van der Waals surface area contributed by atoms with Crippen molar-refractivity contribution in [2.45, 2.75) is 26.7 Å². The molecular weight excluding hydrogens is 250 g/mol. The summed E-state index contributed by atoms with van der Waals surface area (Å²) >= 11 is 1.52. The molecule has 5 heteroatoms. The van der Waals surface area contributed by atoms with Gasteiger partial charge in [0.1, 0.15) is 6.54 Å². The Morgan fingerprint density at radius 2 is 2.06 bits per heavy atom. The Morgan fingerprint density at radius 1 is 1.39 bits per heavy atom. The second-order valence-corrected chi connectivity index (χ2v) is 5.72. The number of hydrogen-bond donors (Lipinski definition) is 1. The molecule has 18 heavy (non-hydrogen) atoms. The van der Waals surface area contributed by atoms with Crippen molar-refractivity contribution in [1.29, 1.82) is 0 Å². The van der Waals surface area contributed by atoms with Gasteiger partial charge in [-0.15, -0.1) is 11.3 Å². The summed E-state index contributed by atoms with van der Waals surface area (Å²) in [5.74, 6) is -1.11. The van der Waals surface area contributed by atoms with Crippen LogP contribution in [0.15, 0.2) is 17.5 Å². The number of carboxylic acids is 1. The van der Waals surface area contributed by atoms with Gasteiger partial charge in [-0.1, -0.05) is 19.9 Å². The number of amides is 1. The van der Waals surface area contributed by atoms with Crippen molar-refractivity contribution in [3.05, 3.63) is 22.4 Å². The van der Waals surface area contributed by atoms with Crippen molar-refractivity contribution in [2.75, 3.05) is 13.1 Å². The number of rotatable bonds is 6. The van der Waals surface area contributed by atoms with Crippen LogP contribution in [0, 0.1) is 5.92 Å². The SMILES string of the molecule is CC(C)CN(CC(=O)O)C(=O)C(C)c1cccs1. The predicted octanol–water partition coefficient (Wildman–Crippen LogP) is 2.42. The zero-order chi connectivity index (χ0) is 13.7. The number of aliphatic carboxylic acids is 1. The molecule has 1 rings (SSSR count). The maximum Gasteiger partial charge on any atom is 0.323 e. The molecule has 0 saturated heterocycles. The third-order valence-electron chi connectivity index (χ3n) is 2.56. The first kappa shape index (κ1) is 14.7. The summed E-state index contributed by atoms with van der Waals surface area (Å²) in [7, 11) is 0. The van der Waals surface area contributed by atoms with Crippen molar-refractivity contribution in [3.63, 3.8) is 0 Å². The Labute approximate surface area is 111 Å². The van der Waals surface area contributed by atoms with Gasteiger partial charge in [-0.25, -0.2) is 0 Å². The maximum absolute atomic E-state index is 12.3. The summed E-state index contributed by atoms with van der Waals surface area (Å²) in [6, 6.07) is 3.80. The number of thiophene rings is 1. The lowest BCUT2D eigenvalue weighted by Crippen LogP contribution is -2.40. The fourth-order valence-corrected chi connectivity index (χ4v) is 2.55. The average molecular weight is 269 g/mol. The van der Waals surface area contributed by atoms with Gasteiger partial charge in [-0.3, -0.25) is 9.59 Å². The molecule has 1 unspecified atom stereocenters. The van der Waals surface area contributed by atoms with E-state index in [-0.39, 0.29) is 24.3 Å². The molecule has 1 atom stereocenters. The van der Waals surface area contributed by atoms with E-state index in [1.54, 1.807) is 0 Å². The van der Waals surface area contributed by atoms with Crippen LogP contribution in [0.5, 0.6) is 0 Å². The van der Waals surface area contributed by atoms with Gasteiger partial charge in [-0.05, 0) is 24.3 Å². The quantitative estimate of drug-likeness (QED) is 0.863. The summed E-state index contributed by atoms with van der Waals surface area (Å²) in [6.07, 6.45) is 0. The van der Waals surface area contributed by atoms with Crippen LogP contribution in [0.3, 0.4) is 0 Å². The van der Waals surface area contributed by atoms with Crippen LogP contribution < -0.4 is 0 Å². The highest BCUT2D eigenvalue weighted by atomic mass is 32.1. The Kier molecular flexibility index (Phi) is 5.34. The molecular formula is C13H19NO3S. The molecule has 0 saturated carbocycles. The topological polar surface area (TPSA) is 57.6 Å². The lowest BCUT2D eigenvalue weighted by atomic mass is 10.1. The molecule has 100 valence electrons. The Bertz CT molecular complexity index is 400. The number of carboxylic acid groups (broad SMARTS) is 1. The minimum absolute atomic E-state index is 0.117. The minimum Gasteiger partial charge on any atom is -0.480 e. The zero-order valence-electron chi connectivity index (χ0n) is 10.9. The van der Waals surface area contributed by atoms with Crippen LogP contribution in [0.1, 0.15) is 31.6 Å². The maximum atomic E-state index is 12.3. The fraction of sp³-hybridized carbons (Fsp3) is 0.538. The van der Waals surface area contributed by atoms with Crippen LogP contribution >= 0.6 is 11.3 Å². The van der Waals surface area contributed by atoms with Crippen LogP contribution in [0.4, 0.5) is 0 Å². The molecule has 0 aromatic carbocycles. The molecule has 1 N–H and O–H groups in total. The molecule has 4 nitrogen and oxygen atoms in total. The summed E-state index contributed by atoms with van der Waals surface area (Å²) in [5, 5.41) is 10.8. The van der Waals surface area contributed by atoms with Crippen molar-refractivity contribution in [2.24, 2.45) is 5.92 Å². The molecule has 0 radical (unpaired) electrons. The van der Waals surface area contributed by atoms with Crippen molar-refractivity contribution >= 4 is 23.2 Å². The van der Waals surface area contributed by atoms with Crippen LogP contribution in [-0.4, -0.2) is 35.0 Å². The Morgan fingerprint density at radius 3 is 2.50 bits per heavy atom. The molecule has 0 aliphatic rings. The van der Waals surface area contributed by atoms with E-state index in [4.69, 9.17) is 5.11 Å². The number of nitrogens with zero attached hydrogens (tertiary/aromatic N) is 1. The van der Waals surface area contributed by atoms with Crippen LogP contribution in [0.2, 0.25) is 0 Å². The van der Waals surface area contributed by atoms with Gasteiger partial charge in [0.25, 0.3) is 0 Å². The van der Waals surface area contributed by atoms with Gasteiger partial charge >= 0.3 is 5.97 Å². The van der Waals surface area contributed by atoms with Gasteiger partial charge in [0.2, 0.25) is 5.91 Å². The Hall–Kier alpha value is -1.36. The molecule has 0 aliphatic carbocycles. The smallest absolute Gasteiger partial charge is 0.323 e. The average Bonchev–Trinajstić information content (AvgIpc) is 2.78. The first-order valence-corrected chi connectivity index (χ1v) is 6.83. The molecule has 0 bridgehead atoms. The van der Waals surface area contributed by atoms with E-state index in [0.29, 0.717) is 6.54 Å². The van der Waals surface area contributed by atoms with Gasteiger partial charge in [0, 0.05) is 11.4 Å². The Balaban J connectivity index is 2.77. The highest BCUT2D eigenvalue weighted by molar-refractivity contribution is 7.10.